The lowest BCUT2D eigenvalue weighted by Gasteiger charge is -2.52. The lowest BCUT2D eigenvalue weighted by atomic mass is 9.65. The third kappa shape index (κ3) is 0.560. The summed E-state index contributed by atoms with van der Waals surface area (Å²) in [4.78, 5) is 0.838. The number of hydrogen-bond donors (Lipinski definition) is 1. The van der Waals surface area contributed by atoms with E-state index in [4.69, 9.17) is 0 Å². The van der Waals surface area contributed by atoms with E-state index in [1.54, 1.807) is 0 Å². The Morgan fingerprint density at radius 1 is 1.38 bits per heavy atom. The zero-order valence-corrected chi connectivity index (χ0v) is 6.37. The van der Waals surface area contributed by atoms with Crippen LogP contribution in [0.1, 0.15) is 12.8 Å². The van der Waals surface area contributed by atoms with Crippen molar-refractivity contribution in [2.75, 3.05) is 13.1 Å². The number of nitrogens with one attached hydrogen (secondary N) is 1. The molecule has 0 atom stereocenters. The summed E-state index contributed by atoms with van der Waals surface area (Å²) in [5, 5.41) is 3.30. The number of alkyl halides is 1. The number of hydrogen-bond acceptors (Lipinski definition) is 1. The minimum Gasteiger partial charge on any atom is -0.316 e. The molecule has 1 aliphatic carbocycles. The Kier molecular flexibility index (Phi) is 0.970. The van der Waals surface area contributed by atoms with Crippen LogP contribution in [-0.2, 0) is 0 Å². The van der Waals surface area contributed by atoms with E-state index in [-0.39, 0.29) is 0 Å². The molecule has 1 saturated carbocycles. The summed E-state index contributed by atoms with van der Waals surface area (Å²) >= 11 is 3.58. The first-order valence-electron chi connectivity index (χ1n) is 3.16. The van der Waals surface area contributed by atoms with Crippen LogP contribution < -0.4 is 5.32 Å². The molecule has 46 valence electrons. The van der Waals surface area contributed by atoms with E-state index >= 15 is 0 Å². The fraction of sp³-hybridized carbons (Fsp3) is 1.00. The van der Waals surface area contributed by atoms with Gasteiger partial charge in [-0.05, 0) is 18.3 Å². The van der Waals surface area contributed by atoms with Gasteiger partial charge in [0.25, 0.3) is 0 Å². The Hall–Kier alpha value is 0.440. The van der Waals surface area contributed by atoms with Crippen LogP contribution in [-0.4, -0.2) is 17.9 Å². The van der Waals surface area contributed by atoms with Crippen molar-refractivity contribution in [1.29, 1.82) is 0 Å². The van der Waals surface area contributed by atoms with Gasteiger partial charge in [-0.25, -0.2) is 0 Å². The molecule has 0 unspecified atom stereocenters. The lowest BCUT2D eigenvalue weighted by molar-refractivity contribution is 0.0697. The summed E-state index contributed by atoms with van der Waals surface area (Å²) in [6.45, 7) is 2.55. The Morgan fingerprint density at radius 3 is 2.12 bits per heavy atom. The maximum Gasteiger partial charge on any atom is 0.0158 e. The summed E-state index contributed by atoms with van der Waals surface area (Å²) in [6, 6.07) is 0. The standard InChI is InChI=1S/C6H10BrN/c7-5-1-6(2-5)3-8-4-6/h5,8H,1-4H2. The van der Waals surface area contributed by atoms with E-state index in [9.17, 15) is 0 Å². The molecular formula is C6H10BrN. The van der Waals surface area contributed by atoms with Crippen molar-refractivity contribution >= 4 is 15.9 Å². The van der Waals surface area contributed by atoms with Gasteiger partial charge in [0.05, 0.1) is 0 Å². The molecule has 2 aliphatic rings. The molecule has 0 amide bonds. The van der Waals surface area contributed by atoms with Crippen molar-refractivity contribution in [3.05, 3.63) is 0 Å². The molecule has 1 N–H and O–H groups in total. The SMILES string of the molecule is BrC1CC2(CNC2)C1. The van der Waals surface area contributed by atoms with Crippen LogP contribution in [0.25, 0.3) is 0 Å². The minimum absolute atomic E-state index is 0.758. The van der Waals surface area contributed by atoms with Crippen LogP contribution in [0.2, 0.25) is 0 Å². The van der Waals surface area contributed by atoms with Gasteiger partial charge in [-0.1, -0.05) is 15.9 Å². The van der Waals surface area contributed by atoms with Crippen LogP contribution in [0.3, 0.4) is 0 Å². The van der Waals surface area contributed by atoms with Crippen molar-refractivity contribution in [1.82, 2.24) is 5.32 Å². The highest BCUT2D eigenvalue weighted by Gasteiger charge is 2.47. The average Bonchev–Trinajstić information content (AvgIpc) is 1.51. The highest BCUT2D eigenvalue weighted by molar-refractivity contribution is 9.09. The molecule has 2 heteroatoms. The molecule has 0 aromatic heterocycles. The summed E-state index contributed by atoms with van der Waals surface area (Å²) in [7, 11) is 0. The molecule has 8 heavy (non-hydrogen) atoms. The molecule has 1 heterocycles. The van der Waals surface area contributed by atoms with Gasteiger partial charge in [0, 0.05) is 17.9 Å². The van der Waals surface area contributed by atoms with Crippen molar-refractivity contribution in [3.63, 3.8) is 0 Å². The molecule has 2 rings (SSSR count). The van der Waals surface area contributed by atoms with Crippen LogP contribution in [0.4, 0.5) is 0 Å². The van der Waals surface area contributed by atoms with E-state index in [0.29, 0.717) is 0 Å². The Bertz CT molecular complexity index is 101. The second-order valence-electron chi connectivity index (χ2n) is 3.11. The second-order valence-corrected chi connectivity index (χ2v) is 4.40. The maximum absolute atomic E-state index is 3.58. The summed E-state index contributed by atoms with van der Waals surface area (Å²) in [5.41, 5.74) is 0.758. The Balaban J connectivity index is 1.92. The molecule has 0 radical (unpaired) electrons. The summed E-state index contributed by atoms with van der Waals surface area (Å²) in [5.74, 6) is 0. The molecular weight excluding hydrogens is 166 g/mol. The molecule has 1 nitrogen and oxygen atoms in total. The van der Waals surface area contributed by atoms with E-state index in [1.807, 2.05) is 0 Å². The van der Waals surface area contributed by atoms with Gasteiger partial charge < -0.3 is 5.32 Å². The zero-order valence-electron chi connectivity index (χ0n) is 4.78. The molecule has 0 aromatic carbocycles. The summed E-state index contributed by atoms with van der Waals surface area (Å²) in [6.07, 6.45) is 2.81. The quantitative estimate of drug-likeness (QED) is 0.545. The van der Waals surface area contributed by atoms with Gasteiger partial charge in [-0.2, -0.15) is 0 Å². The van der Waals surface area contributed by atoms with E-state index < -0.39 is 0 Å². The fourth-order valence-corrected chi connectivity index (χ4v) is 3.02. The van der Waals surface area contributed by atoms with E-state index in [0.717, 1.165) is 10.2 Å². The third-order valence-corrected chi connectivity index (χ3v) is 2.96. The fourth-order valence-electron chi connectivity index (χ4n) is 1.65. The van der Waals surface area contributed by atoms with Crippen molar-refractivity contribution < 1.29 is 0 Å². The first-order chi connectivity index (χ1) is 3.81. The maximum atomic E-state index is 3.58. The molecule has 1 spiro atoms. The van der Waals surface area contributed by atoms with Gasteiger partial charge in [0.2, 0.25) is 0 Å². The highest BCUT2D eigenvalue weighted by atomic mass is 79.9. The Morgan fingerprint density at radius 2 is 2.00 bits per heavy atom. The predicted octanol–water partition coefficient (Wildman–Crippen LogP) is 1.13. The minimum atomic E-state index is 0.758. The van der Waals surface area contributed by atoms with Crippen LogP contribution in [0.5, 0.6) is 0 Å². The third-order valence-electron chi connectivity index (χ3n) is 2.31. The molecule has 0 aromatic rings. The first-order valence-corrected chi connectivity index (χ1v) is 4.07. The van der Waals surface area contributed by atoms with E-state index in [1.165, 1.54) is 25.9 Å². The molecule has 0 bridgehead atoms. The molecule has 1 aliphatic heterocycles. The van der Waals surface area contributed by atoms with Crippen LogP contribution >= 0.6 is 15.9 Å². The first kappa shape index (κ1) is 5.24. The zero-order chi connectivity index (χ0) is 5.61. The number of rotatable bonds is 0. The molecule has 1 saturated heterocycles. The van der Waals surface area contributed by atoms with Gasteiger partial charge in [0.15, 0.2) is 0 Å². The largest absolute Gasteiger partial charge is 0.316 e. The average molecular weight is 176 g/mol. The van der Waals surface area contributed by atoms with Gasteiger partial charge >= 0.3 is 0 Å². The van der Waals surface area contributed by atoms with Crippen molar-refractivity contribution in [3.8, 4) is 0 Å². The predicted molar refractivity (Wildman–Crippen MR) is 37.3 cm³/mol. The van der Waals surface area contributed by atoms with Gasteiger partial charge in [0.1, 0.15) is 0 Å². The number of halogens is 1. The van der Waals surface area contributed by atoms with Crippen molar-refractivity contribution in [2.45, 2.75) is 17.7 Å². The second kappa shape index (κ2) is 1.48. The molecule has 2 fully saturated rings. The smallest absolute Gasteiger partial charge is 0.0158 e. The van der Waals surface area contributed by atoms with Gasteiger partial charge in [-0.15, -0.1) is 0 Å². The topological polar surface area (TPSA) is 12.0 Å². The Labute approximate surface area is 58.0 Å². The highest BCUT2D eigenvalue weighted by Crippen LogP contribution is 2.47. The lowest BCUT2D eigenvalue weighted by Crippen LogP contribution is -2.60. The van der Waals surface area contributed by atoms with Crippen LogP contribution in [0.15, 0.2) is 0 Å². The van der Waals surface area contributed by atoms with E-state index in [2.05, 4.69) is 21.2 Å². The van der Waals surface area contributed by atoms with Crippen LogP contribution in [0, 0.1) is 5.41 Å². The van der Waals surface area contributed by atoms with Gasteiger partial charge in [-0.3, -0.25) is 0 Å². The van der Waals surface area contributed by atoms with Crippen molar-refractivity contribution in [2.24, 2.45) is 5.41 Å². The normalized spacial score (nSPS) is 34.1. The summed E-state index contributed by atoms with van der Waals surface area (Å²) < 4.78 is 0. The monoisotopic (exact) mass is 175 g/mol.